The third kappa shape index (κ3) is 4.59. The molecule has 1 aliphatic heterocycles. The van der Waals surface area contributed by atoms with Gasteiger partial charge in [0.2, 0.25) is 11.8 Å². The predicted molar refractivity (Wildman–Crippen MR) is 104 cm³/mol. The van der Waals surface area contributed by atoms with Gasteiger partial charge in [-0.2, -0.15) is 16.9 Å². The molecule has 2 amide bonds. The fourth-order valence-corrected chi connectivity index (χ4v) is 3.90. The number of carbonyl (C=O) groups excluding carboxylic acids is 2. The molecule has 6 nitrogen and oxygen atoms in total. The van der Waals surface area contributed by atoms with Crippen LogP contribution >= 0.6 is 23.4 Å². The Hall–Kier alpha value is -1.99. The number of halogens is 1. The van der Waals surface area contributed by atoms with Gasteiger partial charge in [-0.05, 0) is 24.1 Å². The quantitative estimate of drug-likeness (QED) is 0.759. The molecule has 1 aromatic carbocycles. The van der Waals surface area contributed by atoms with Gasteiger partial charge >= 0.3 is 0 Å². The molecule has 0 bridgehead atoms. The van der Waals surface area contributed by atoms with Crippen molar-refractivity contribution in [2.24, 2.45) is 0 Å². The van der Waals surface area contributed by atoms with Crippen LogP contribution in [0.2, 0.25) is 5.02 Å². The van der Waals surface area contributed by atoms with E-state index in [1.54, 1.807) is 28.6 Å². The Labute approximate surface area is 161 Å². The lowest BCUT2D eigenvalue weighted by Gasteiger charge is -2.11. The molecule has 0 atom stereocenters. The van der Waals surface area contributed by atoms with Crippen molar-refractivity contribution in [1.29, 1.82) is 0 Å². The highest BCUT2D eigenvalue weighted by molar-refractivity contribution is 7.98. The van der Waals surface area contributed by atoms with Crippen LogP contribution in [0.4, 0.5) is 5.82 Å². The first-order valence-electron chi connectivity index (χ1n) is 8.54. The molecule has 3 rings (SSSR count). The topological polar surface area (TPSA) is 76.0 Å². The van der Waals surface area contributed by atoms with Crippen LogP contribution < -0.4 is 10.6 Å². The first-order chi connectivity index (χ1) is 12.6. The van der Waals surface area contributed by atoms with Crippen LogP contribution in [0.5, 0.6) is 0 Å². The molecule has 138 valence electrons. The average molecular weight is 393 g/mol. The Balaban J connectivity index is 1.72. The molecule has 0 fully saturated rings. The minimum atomic E-state index is -0.137. The average Bonchev–Trinajstić information content (AvgIpc) is 3.18. The summed E-state index contributed by atoms with van der Waals surface area (Å²) in [5, 5.41) is 10.9. The van der Waals surface area contributed by atoms with Gasteiger partial charge in [0.25, 0.3) is 0 Å². The normalized spacial score (nSPS) is 12.7. The number of thioether (sulfide) groups is 1. The summed E-state index contributed by atoms with van der Waals surface area (Å²) in [7, 11) is 0. The summed E-state index contributed by atoms with van der Waals surface area (Å²) in [6, 6.07) is 7.19. The van der Waals surface area contributed by atoms with Gasteiger partial charge in [-0.3, -0.25) is 9.59 Å². The van der Waals surface area contributed by atoms with Crippen LogP contribution in [-0.4, -0.2) is 28.1 Å². The van der Waals surface area contributed by atoms with Gasteiger partial charge in [-0.15, -0.1) is 0 Å². The van der Waals surface area contributed by atoms with E-state index in [4.69, 9.17) is 11.6 Å². The first kappa shape index (κ1) is 18.8. The minimum absolute atomic E-state index is 0.103. The molecule has 8 heteroatoms. The second-order valence-corrected chi connectivity index (χ2v) is 7.55. The van der Waals surface area contributed by atoms with Crippen LogP contribution in [-0.2, 0) is 34.1 Å². The van der Waals surface area contributed by atoms with Crippen LogP contribution in [0.25, 0.3) is 0 Å². The number of hydrogen-bond acceptors (Lipinski definition) is 4. The van der Waals surface area contributed by atoms with Crippen molar-refractivity contribution in [2.45, 2.75) is 37.8 Å². The van der Waals surface area contributed by atoms with E-state index in [-0.39, 0.29) is 24.8 Å². The molecule has 26 heavy (non-hydrogen) atoms. The second-order valence-electron chi connectivity index (χ2n) is 6.13. The summed E-state index contributed by atoms with van der Waals surface area (Å²) in [6.07, 6.45) is 1.12. The number of nitrogens with one attached hydrogen (secondary N) is 2. The van der Waals surface area contributed by atoms with E-state index >= 15 is 0 Å². The van der Waals surface area contributed by atoms with E-state index < -0.39 is 0 Å². The number of hydrogen-bond donors (Lipinski definition) is 2. The maximum Gasteiger partial charge on any atom is 0.241 e. The van der Waals surface area contributed by atoms with E-state index in [1.165, 1.54) is 0 Å². The van der Waals surface area contributed by atoms with Gasteiger partial charge in [0.05, 0.1) is 12.1 Å². The van der Waals surface area contributed by atoms with Gasteiger partial charge in [-0.25, -0.2) is 4.68 Å². The molecule has 0 aliphatic carbocycles. The molecule has 0 unspecified atom stereocenters. The molecule has 0 spiro atoms. The van der Waals surface area contributed by atoms with Gasteiger partial charge in [0.15, 0.2) is 0 Å². The van der Waals surface area contributed by atoms with Crippen LogP contribution in [0.1, 0.15) is 30.2 Å². The molecule has 2 aromatic rings. The van der Waals surface area contributed by atoms with Crippen molar-refractivity contribution in [3.8, 4) is 0 Å². The zero-order valence-corrected chi connectivity index (χ0v) is 16.1. The fraction of sp³-hybridized carbons (Fsp3) is 0.389. The Bertz CT molecular complexity index is 804. The molecule has 1 aliphatic rings. The molecular formula is C18H21ClN4O2S. The Morgan fingerprint density at radius 3 is 2.73 bits per heavy atom. The molecule has 2 heterocycles. The number of amides is 2. The number of carbonyl (C=O) groups is 2. The Morgan fingerprint density at radius 1 is 1.23 bits per heavy atom. The van der Waals surface area contributed by atoms with Crippen LogP contribution in [0.15, 0.2) is 24.3 Å². The lowest BCUT2D eigenvalue weighted by molar-refractivity contribution is -0.122. The maximum absolute atomic E-state index is 12.5. The monoisotopic (exact) mass is 392 g/mol. The minimum Gasteiger partial charge on any atom is -0.355 e. The maximum atomic E-state index is 12.5. The first-order valence-corrected chi connectivity index (χ1v) is 10.1. The van der Waals surface area contributed by atoms with E-state index in [0.29, 0.717) is 17.4 Å². The lowest BCUT2D eigenvalue weighted by atomic mass is 10.1. The van der Waals surface area contributed by atoms with Crippen LogP contribution in [0.3, 0.4) is 0 Å². The Morgan fingerprint density at radius 2 is 2.00 bits per heavy atom. The molecule has 0 saturated carbocycles. The number of aromatic nitrogens is 2. The molecule has 2 N–H and O–H groups in total. The molecular weight excluding hydrogens is 372 g/mol. The zero-order valence-electron chi connectivity index (χ0n) is 14.5. The highest BCUT2D eigenvalue weighted by Gasteiger charge is 2.24. The summed E-state index contributed by atoms with van der Waals surface area (Å²) < 4.78 is 1.61. The summed E-state index contributed by atoms with van der Waals surface area (Å²) >= 11 is 7.64. The van der Waals surface area contributed by atoms with Gasteiger partial charge in [0, 0.05) is 28.6 Å². The van der Waals surface area contributed by atoms with E-state index in [9.17, 15) is 9.59 Å². The number of benzene rings is 1. The van der Waals surface area contributed by atoms with Gasteiger partial charge in [-0.1, -0.05) is 30.7 Å². The summed E-state index contributed by atoms with van der Waals surface area (Å²) in [5.74, 6) is 1.99. The summed E-state index contributed by atoms with van der Waals surface area (Å²) in [5.41, 5.74) is 2.84. The molecule has 0 saturated heterocycles. The van der Waals surface area contributed by atoms with Crippen molar-refractivity contribution in [3.05, 3.63) is 46.1 Å². The number of anilines is 1. The largest absolute Gasteiger partial charge is 0.355 e. The van der Waals surface area contributed by atoms with E-state index in [0.717, 1.165) is 34.7 Å². The van der Waals surface area contributed by atoms with Crippen molar-refractivity contribution in [3.63, 3.8) is 0 Å². The highest BCUT2D eigenvalue weighted by Crippen LogP contribution is 2.34. The third-order valence-corrected chi connectivity index (χ3v) is 5.24. The van der Waals surface area contributed by atoms with Crippen molar-refractivity contribution in [1.82, 2.24) is 15.1 Å². The van der Waals surface area contributed by atoms with Crippen LogP contribution in [0, 0.1) is 0 Å². The number of nitrogens with zero attached hydrogens (tertiary/aromatic N) is 2. The fourth-order valence-electron chi connectivity index (χ4n) is 2.74. The van der Waals surface area contributed by atoms with Crippen molar-refractivity contribution >= 4 is 41.0 Å². The Kier molecular flexibility index (Phi) is 6.21. The number of fused-ring (bicyclic) bond motifs is 1. The van der Waals surface area contributed by atoms with Crippen molar-refractivity contribution in [2.75, 3.05) is 11.9 Å². The van der Waals surface area contributed by atoms with E-state index in [2.05, 4.69) is 15.7 Å². The molecule has 1 aromatic heterocycles. The van der Waals surface area contributed by atoms with Gasteiger partial charge < -0.3 is 10.6 Å². The number of rotatable bonds is 7. The second kappa shape index (κ2) is 8.60. The predicted octanol–water partition coefficient (Wildman–Crippen LogP) is 2.99. The van der Waals surface area contributed by atoms with Gasteiger partial charge in [0.1, 0.15) is 12.4 Å². The summed E-state index contributed by atoms with van der Waals surface area (Å²) in [4.78, 5) is 24.5. The molecule has 0 radical (unpaired) electrons. The lowest BCUT2D eigenvalue weighted by Crippen LogP contribution is -2.29. The van der Waals surface area contributed by atoms with Crippen molar-refractivity contribution < 1.29 is 9.59 Å². The smallest absolute Gasteiger partial charge is 0.241 e. The standard InChI is InChI=1S/C18H21ClN4O2S/c1-2-7-20-17(25)9-23-18(14-10-26-11-15(14)22-23)21-16(24)8-12-3-5-13(19)6-4-12/h3-6H,2,7-11H2,1H3,(H,20,25)(H,21,24). The third-order valence-electron chi connectivity index (χ3n) is 4.02. The summed E-state index contributed by atoms with van der Waals surface area (Å²) in [6.45, 7) is 2.74. The highest BCUT2D eigenvalue weighted by atomic mass is 35.5. The zero-order chi connectivity index (χ0) is 18.5. The SMILES string of the molecule is CCCNC(=O)Cn1nc2c(c1NC(=O)Cc1ccc(Cl)cc1)CSC2. The van der Waals surface area contributed by atoms with E-state index in [1.807, 2.05) is 19.1 Å².